The lowest BCUT2D eigenvalue weighted by atomic mass is 10.2. The van der Waals surface area contributed by atoms with Crippen molar-refractivity contribution in [3.8, 4) is 0 Å². The molecule has 0 radical (unpaired) electrons. The van der Waals surface area contributed by atoms with E-state index in [9.17, 15) is 4.79 Å². The topological polar surface area (TPSA) is 35.9 Å². The molecule has 0 N–H and O–H groups in total. The van der Waals surface area contributed by atoms with E-state index in [0.29, 0.717) is 13.1 Å². The first-order valence-corrected chi connectivity index (χ1v) is 7.91. The Morgan fingerprint density at radius 2 is 1.90 bits per heavy atom. The highest BCUT2D eigenvalue weighted by Gasteiger charge is 2.31. The second-order valence-corrected chi connectivity index (χ2v) is 5.91. The lowest BCUT2D eigenvalue weighted by Gasteiger charge is -2.12. The van der Waals surface area contributed by atoms with Gasteiger partial charge in [-0.2, -0.15) is 0 Å². The van der Waals surface area contributed by atoms with Crippen LogP contribution in [-0.2, 0) is 4.79 Å². The van der Waals surface area contributed by atoms with Crippen LogP contribution >= 0.6 is 11.8 Å². The van der Waals surface area contributed by atoms with Crippen LogP contribution in [0.15, 0.2) is 34.2 Å². The minimum atomic E-state index is 0.0476. The van der Waals surface area contributed by atoms with Gasteiger partial charge in [-0.1, -0.05) is 12.1 Å². The fraction of sp³-hybridized carbons (Fsp3) is 0.375. The Kier molecular flexibility index (Phi) is 5.07. The molecule has 5 heteroatoms. The smallest absolute Gasteiger partial charge is 0.266 e. The second kappa shape index (κ2) is 6.80. The third kappa shape index (κ3) is 3.47. The first-order chi connectivity index (χ1) is 10.1. The monoisotopic (exact) mass is 303 g/mol. The third-order valence-corrected chi connectivity index (χ3v) is 4.25. The van der Waals surface area contributed by atoms with Gasteiger partial charge in [-0.15, -0.1) is 0 Å². The van der Waals surface area contributed by atoms with Crippen LogP contribution in [0.3, 0.4) is 0 Å². The molecular formula is C16H21N3OS. The van der Waals surface area contributed by atoms with Crippen molar-refractivity contribution < 1.29 is 4.79 Å². The molecule has 0 unspecified atom stereocenters. The Labute approximate surface area is 130 Å². The number of amides is 1. The van der Waals surface area contributed by atoms with E-state index in [0.717, 1.165) is 21.3 Å². The number of carbonyl (C=O) groups is 1. The highest BCUT2D eigenvalue weighted by Crippen LogP contribution is 2.32. The number of amidine groups is 1. The van der Waals surface area contributed by atoms with Gasteiger partial charge in [-0.3, -0.25) is 14.7 Å². The van der Waals surface area contributed by atoms with Crippen molar-refractivity contribution in [1.82, 2.24) is 4.90 Å². The number of nitrogens with zero attached hydrogens (tertiary/aromatic N) is 3. The standard InChI is InChI=1S/C16H21N3OS/c1-5-17-16-19(6-2)15(20)14(21-16)11-12-7-9-13(10-8-12)18(3)4/h7-11H,5-6H2,1-4H3/b14-11-,17-16?. The van der Waals surface area contributed by atoms with Gasteiger partial charge in [0.15, 0.2) is 5.17 Å². The predicted molar refractivity (Wildman–Crippen MR) is 91.7 cm³/mol. The van der Waals surface area contributed by atoms with Crippen LogP contribution in [0.2, 0.25) is 0 Å². The molecule has 1 amide bonds. The molecule has 1 aliphatic heterocycles. The van der Waals surface area contributed by atoms with E-state index < -0.39 is 0 Å². The molecule has 0 atom stereocenters. The summed E-state index contributed by atoms with van der Waals surface area (Å²) in [7, 11) is 4.02. The first-order valence-electron chi connectivity index (χ1n) is 7.10. The van der Waals surface area contributed by atoms with E-state index in [1.807, 2.05) is 46.2 Å². The van der Waals surface area contributed by atoms with Gasteiger partial charge in [0.05, 0.1) is 4.91 Å². The van der Waals surface area contributed by atoms with E-state index in [4.69, 9.17) is 0 Å². The summed E-state index contributed by atoms with van der Waals surface area (Å²) in [6, 6.07) is 8.16. The van der Waals surface area contributed by atoms with Crippen molar-refractivity contribution in [2.45, 2.75) is 13.8 Å². The third-order valence-electron chi connectivity index (χ3n) is 3.20. The van der Waals surface area contributed by atoms with Gasteiger partial charge in [0.2, 0.25) is 0 Å². The molecule has 0 aliphatic carbocycles. The molecule has 21 heavy (non-hydrogen) atoms. The predicted octanol–water partition coefficient (Wildman–Crippen LogP) is 3.06. The van der Waals surface area contributed by atoms with Crippen molar-refractivity contribution in [3.63, 3.8) is 0 Å². The van der Waals surface area contributed by atoms with Crippen molar-refractivity contribution >= 4 is 34.6 Å². The van der Waals surface area contributed by atoms with Gasteiger partial charge in [-0.05, 0) is 49.4 Å². The molecule has 1 fully saturated rings. The molecule has 0 aromatic heterocycles. The molecule has 1 saturated heterocycles. The summed E-state index contributed by atoms with van der Waals surface area (Å²) in [6.07, 6.45) is 1.94. The number of thioether (sulfide) groups is 1. The molecule has 1 aliphatic rings. The maximum absolute atomic E-state index is 12.3. The van der Waals surface area contributed by atoms with Gasteiger partial charge in [0.1, 0.15) is 0 Å². The molecule has 0 saturated carbocycles. The highest BCUT2D eigenvalue weighted by atomic mass is 32.2. The fourth-order valence-electron chi connectivity index (χ4n) is 2.06. The summed E-state index contributed by atoms with van der Waals surface area (Å²) in [5.41, 5.74) is 2.18. The minimum Gasteiger partial charge on any atom is -0.378 e. The van der Waals surface area contributed by atoms with E-state index in [-0.39, 0.29) is 5.91 Å². The Morgan fingerprint density at radius 1 is 1.24 bits per heavy atom. The van der Waals surface area contributed by atoms with E-state index in [1.165, 1.54) is 11.8 Å². The second-order valence-electron chi connectivity index (χ2n) is 4.90. The highest BCUT2D eigenvalue weighted by molar-refractivity contribution is 8.18. The summed E-state index contributed by atoms with van der Waals surface area (Å²) >= 11 is 1.46. The van der Waals surface area contributed by atoms with Crippen LogP contribution in [0, 0.1) is 0 Å². The Balaban J connectivity index is 2.25. The molecule has 1 aromatic rings. The normalized spacial score (nSPS) is 18.9. The van der Waals surface area contributed by atoms with Crippen molar-refractivity contribution in [3.05, 3.63) is 34.7 Å². The van der Waals surface area contributed by atoms with Crippen LogP contribution in [-0.4, -0.2) is 43.2 Å². The van der Waals surface area contributed by atoms with Gasteiger partial charge in [-0.25, -0.2) is 0 Å². The fourth-order valence-corrected chi connectivity index (χ4v) is 3.17. The lowest BCUT2D eigenvalue weighted by Crippen LogP contribution is -2.28. The Hall–Kier alpha value is -1.75. The average Bonchev–Trinajstić information content (AvgIpc) is 2.75. The van der Waals surface area contributed by atoms with Crippen LogP contribution < -0.4 is 4.90 Å². The van der Waals surface area contributed by atoms with Gasteiger partial charge >= 0.3 is 0 Å². The van der Waals surface area contributed by atoms with Crippen molar-refractivity contribution in [2.75, 3.05) is 32.1 Å². The molecule has 2 rings (SSSR count). The summed E-state index contributed by atoms with van der Waals surface area (Å²) in [4.78, 5) is 21.3. The largest absolute Gasteiger partial charge is 0.378 e. The number of rotatable bonds is 4. The quantitative estimate of drug-likeness (QED) is 0.802. The molecule has 112 valence electrons. The lowest BCUT2D eigenvalue weighted by molar-refractivity contribution is -0.122. The summed E-state index contributed by atoms with van der Waals surface area (Å²) < 4.78 is 0. The number of hydrogen-bond donors (Lipinski definition) is 0. The molecule has 4 nitrogen and oxygen atoms in total. The minimum absolute atomic E-state index is 0.0476. The number of aliphatic imine (C=N–C) groups is 1. The molecule has 0 bridgehead atoms. The zero-order chi connectivity index (χ0) is 15.4. The maximum Gasteiger partial charge on any atom is 0.266 e. The zero-order valence-corrected chi connectivity index (χ0v) is 13.8. The zero-order valence-electron chi connectivity index (χ0n) is 13.0. The summed E-state index contributed by atoms with van der Waals surface area (Å²) in [5, 5.41) is 0.807. The van der Waals surface area contributed by atoms with E-state index >= 15 is 0 Å². The summed E-state index contributed by atoms with van der Waals surface area (Å²) in [5.74, 6) is 0.0476. The number of benzene rings is 1. The number of hydrogen-bond acceptors (Lipinski definition) is 4. The number of anilines is 1. The van der Waals surface area contributed by atoms with E-state index in [1.54, 1.807) is 4.90 Å². The molecule has 0 spiro atoms. The van der Waals surface area contributed by atoms with Gasteiger partial charge in [0.25, 0.3) is 5.91 Å². The van der Waals surface area contributed by atoms with Crippen molar-refractivity contribution in [2.24, 2.45) is 4.99 Å². The Morgan fingerprint density at radius 3 is 2.43 bits per heavy atom. The van der Waals surface area contributed by atoms with Crippen LogP contribution in [0.25, 0.3) is 6.08 Å². The van der Waals surface area contributed by atoms with Gasteiger partial charge < -0.3 is 4.90 Å². The molecule has 1 heterocycles. The van der Waals surface area contributed by atoms with Crippen LogP contribution in [0.5, 0.6) is 0 Å². The van der Waals surface area contributed by atoms with Crippen LogP contribution in [0.1, 0.15) is 19.4 Å². The average molecular weight is 303 g/mol. The first kappa shape index (κ1) is 15.6. The van der Waals surface area contributed by atoms with E-state index in [2.05, 4.69) is 22.0 Å². The van der Waals surface area contributed by atoms with Gasteiger partial charge in [0, 0.05) is 32.9 Å². The SMILES string of the molecule is CCN=C1S/C(=C\c2ccc(N(C)C)cc2)C(=O)N1CC. The molecule has 1 aromatic carbocycles. The maximum atomic E-state index is 12.3. The van der Waals surface area contributed by atoms with Crippen LogP contribution in [0.4, 0.5) is 5.69 Å². The number of likely N-dealkylation sites (N-methyl/N-ethyl adjacent to an activating group) is 1. The van der Waals surface area contributed by atoms with Crippen molar-refractivity contribution in [1.29, 1.82) is 0 Å². The summed E-state index contributed by atoms with van der Waals surface area (Å²) in [6.45, 7) is 5.30. The molecular weight excluding hydrogens is 282 g/mol. The number of carbonyl (C=O) groups excluding carboxylic acids is 1. The Bertz CT molecular complexity index is 576.